The molecule has 4 heterocycles. The minimum Gasteiger partial charge on any atom is -0.436 e. The zero-order valence-electron chi connectivity index (χ0n) is 26.9. The normalized spacial score (nSPS) is 12.0. The maximum absolute atomic E-state index is 6.22. The Morgan fingerprint density at radius 3 is 1.82 bits per heavy atom. The summed E-state index contributed by atoms with van der Waals surface area (Å²) in [5.41, 5.74) is 14.0. The van der Waals surface area contributed by atoms with E-state index in [0.717, 1.165) is 50.2 Å². The molecule has 11 aromatic rings. The maximum atomic E-state index is 6.22. The van der Waals surface area contributed by atoms with E-state index in [0.29, 0.717) is 5.71 Å². The number of hydrogen-bond donors (Lipinski definition) is 0. The first-order valence-corrected chi connectivity index (χ1v) is 16.9. The number of rotatable bonds is 4. The smallest absolute Gasteiger partial charge is 0.248 e. The number of fused-ring (bicyclic) bond motifs is 10. The summed E-state index contributed by atoms with van der Waals surface area (Å²) in [7, 11) is 0. The molecule has 0 saturated carbocycles. The highest BCUT2D eigenvalue weighted by Crippen LogP contribution is 2.39. The van der Waals surface area contributed by atoms with Crippen molar-refractivity contribution in [3.63, 3.8) is 0 Å². The Labute approximate surface area is 286 Å². The molecule has 50 heavy (non-hydrogen) atoms. The molecule has 5 heteroatoms. The third-order valence-corrected chi connectivity index (χ3v) is 10.1. The number of aromatic nitrogens is 4. The minimum absolute atomic E-state index is 0.647. The van der Waals surface area contributed by atoms with E-state index < -0.39 is 0 Å². The molecule has 0 N–H and O–H groups in total. The van der Waals surface area contributed by atoms with Crippen LogP contribution >= 0.6 is 0 Å². The molecular weight excluding hydrogens is 613 g/mol. The molecule has 0 bridgehead atoms. The molecule has 11 rings (SSSR count). The van der Waals surface area contributed by atoms with Gasteiger partial charge in [0.25, 0.3) is 0 Å². The second-order valence-electron chi connectivity index (χ2n) is 12.9. The second-order valence-corrected chi connectivity index (χ2v) is 12.9. The van der Waals surface area contributed by atoms with Gasteiger partial charge in [-0.15, -0.1) is 0 Å². The maximum Gasteiger partial charge on any atom is 0.248 e. The van der Waals surface area contributed by atoms with E-state index >= 15 is 0 Å². The average Bonchev–Trinajstić information content (AvgIpc) is 3.90. The van der Waals surface area contributed by atoms with Crippen LogP contribution in [-0.4, -0.2) is 18.5 Å². The number of furan rings is 1. The van der Waals surface area contributed by atoms with Crippen molar-refractivity contribution in [2.24, 2.45) is 0 Å². The zero-order valence-corrected chi connectivity index (χ0v) is 26.9. The largest absolute Gasteiger partial charge is 0.436 e. The van der Waals surface area contributed by atoms with Crippen LogP contribution in [0.4, 0.5) is 0 Å². The standard InChI is InChI=1S/C45H28N4O/c1-3-11-29(12-4-1)30-19-23-34(24-20-30)47-38-17-9-7-15-35(38)37-27-31(21-25-39(37)47)32-22-26-40-41(28-32)48(33-13-5-2-6-14-33)45-46-44-43(49(40)45)36-16-8-10-18-42(36)50-44/h1-28H. The molecule has 5 nitrogen and oxygen atoms in total. The lowest BCUT2D eigenvalue weighted by molar-refractivity contribution is 0.656. The monoisotopic (exact) mass is 640 g/mol. The molecule has 234 valence electrons. The van der Waals surface area contributed by atoms with E-state index in [1.165, 1.54) is 38.5 Å². The summed E-state index contributed by atoms with van der Waals surface area (Å²) in [6, 6.07) is 60.4. The van der Waals surface area contributed by atoms with Gasteiger partial charge < -0.3 is 8.98 Å². The molecule has 0 radical (unpaired) electrons. The quantitative estimate of drug-likeness (QED) is 0.192. The Morgan fingerprint density at radius 1 is 0.400 bits per heavy atom. The summed E-state index contributed by atoms with van der Waals surface area (Å²) in [6.45, 7) is 0. The lowest BCUT2D eigenvalue weighted by Crippen LogP contribution is -1.95. The van der Waals surface area contributed by atoms with Crippen LogP contribution in [0.1, 0.15) is 0 Å². The molecule has 4 aromatic heterocycles. The first-order valence-electron chi connectivity index (χ1n) is 16.9. The van der Waals surface area contributed by atoms with Crippen LogP contribution in [0.2, 0.25) is 0 Å². The summed E-state index contributed by atoms with van der Waals surface area (Å²) in [4.78, 5) is 5.05. The molecule has 0 fully saturated rings. The first-order chi connectivity index (χ1) is 24.8. The van der Waals surface area contributed by atoms with Crippen molar-refractivity contribution in [1.82, 2.24) is 18.5 Å². The molecule has 0 saturated heterocycles. The summed E-state index contributed by atoms with van der Waals surface area (Å²) in [5, 5.41) is 3.52. The van der Waals surface area contributed by atoms with Gasteiger partial charge in [0, 0.05) is 27.5 Å². The van der Waals surface area contributed by atoms with Gasteiger partial charge in [0.05, 0.1) is 22.1 Å². The predicted molar refractivity (Wildman–Crippen MR) is 205 cm³/mol. The van der Waals surface area contributed by atoms with Gasteiger partial charge in [-0.1, -0.05) is 103 Å². The molecule has 0 aliphatic heterocycles. The van der Waals surface area contributed by atoms with E-state index in [1.54, 1.807) is 0 Å². The van der Waals surface area contributed by atoms with E-state index in [9.17, 15) is 0 Å². The fourth-order valence-corrected chi connectivity index (χ4v) is 7.80. The molecule has 0 atom stereocenters. The number of para-hydroxylation sites is 3. The van der Waals surface area contributed by atoms with Crippen LogP contribution in [0.15, 0.2) is 174 Å². The van der Waals surface area contributed by atoms with Crippen molar-refractivity contribution >= 4 is 60.8 Å². The Kier molecular flexibility index (Phi) is 5.60. The van der Waals surface area contributed by atoms with Crippen LogP contribution in [0, 0.1) is 0 Å². The molecule has 7 aromatic carbocycles. The van der Waals surface area contributed by atoms with Crippen molar-refractivity contribution in [3.8, 4) is 33.6 Å². The van der Waals surface area contributed by atoms with Crippen molar-refractivity contribution in [2.45, 2.75) is 0 Å². The lowest BCUT2D eigenvalue weighted by Gasteiger charge is -2.10. The summed E-state index contributed by atoms with van der Waals surface area (Å²) >= 11 is 0. The Morgan fingerprint density at radius 2 is 1.00 bits per heavy atom. The van der Waals surface area contributed by atoms with Gasteiger partial charge in [0.15, 0.2) is 0 Å². The number of imidazole rings is 2. The Hall–Kier alpha value is -6.85. The fourth-order valence-electron chi connectivity index (χ4n) is 7.80. The van der Waals surface area contributed by atoms with Crippen LogP contribution in [0.25, 0.3) is 94.4 Å². The van der Waals surface area contributed by atoms with Crippen molar-refractivity contribution in [2.75, 3.05) is 0 Å². The molecular formula is C45H28N4O. The third kappa shape index (κ3) is 3.86. The van der Waals surface area contributed by atoms with Crippen LogP contribution in [0.3, 0.4) is 0 Å². The first kappa shape index (κ1) is 27.1. The highest BCUT2D eigenvalue weighted by atomic mass is 16.3. The summed E-state index contributed by atoms with van der Waals surface area (Å²) < 4.78 is 13.1. The van der Waals surface area contributed by atoms with E-state index in [4.69, 9.17) is 9.40 Å². The molecule has 0 unspecified atom stereocenters. The van der Waals surface area contributed by atoms with E-state index in [2.05, 4.69) is 165 Å². The fraction of sp³-hybridized carbons (Fsp3) is 0. The number of hydrogen-bond acceptors (Lipinski definition) is 2. The number of benzene rings is 7. The molecule has 0 spiro atoms. The van der Waals surface area contributed by atoms with E-state index in [1.807, 2.05) is 18.2 Å². The van der Waals surface area contributed by atoms with Gasteiger partial charge in [-0.3, -0.25) is 8.97 Å². The highest BCUT2D eigenvalue weighted by molar-refractivity contribution is 6.11. The van der Waals surface area contributed by atoms with Gasteiger partial charge >= 0.3 is 0 Å². The lowest BCUT2D eigenvalue weighted by atomic mass is 10.0. The van der Waals surface area contributed by atoms with Crippen molar-refractivity contribution in [1.29, 1.82) is 0 Å². The van der Waals surface area contributed by atoms with Crippen molar-refractivity contribution < 1.29 is 4.42 Å². The highest BCUT2D eigenvalue weighted by Gasteiger charge is 2.22. The summed E-state index contributed by atoms with van der Waals surface area (Å²) in [5.74, 6) is 0.833. The Bertz CT molecular complexity index is 3070. The van der Waals surface area contributed by atoms with Gasteiger partial charge in [-0.05, 0) is 89.0 Å². The second kappa shape index (κ2) is 10.3. The van der Waals surface area contributed by atoms with Gasteiger partial charge in [-0.2, -0.15) is 4.98 Å². The van der Waals surface area contributed by atoms with Crippen LogP contribution < -0.4 is 0 Å². The molecule has 0 aliphatic carbocycles. The topological polar surface area (TPSA) is 40.3 Å². The van der Waals surface area contributed by atoms with Crippen molar-refractivity contribution in [3.05, 3.63) is 170 Å². The molecule has 0 aliphatic rings. The predicted octanol–water partition coefficient (Wildman–Crippen LogP) is 11.6. The minimum atomic E-state index is 0.647. The van der Waals surface area contributed by atoms with Gasteiger partial charge in [0.1, 0.15) is 11.1 Å². The van der Waals surface area contributed by atoms with E-state index in [-0.39, 0.29) is 0 Å². The van der Waals surface area contributed by atoms with Gasteiger partial charge in [-0.25, -0.2) is 0 Å². The summed E-state index contributed by atoms with van der Waals surface area (Å²) in [6.07, 6.45) is 0. The van der Waals surface area contributed by atoms with Crippen LogP contribution in [-0.2, 0) is 0 Å². The molecule has 0 amide bonds. The Balaban J connectivity index is 1.11. The number of nitrogens with zero attached hydrogens (tertiary/aromatic N) is 4. The third-order valence-electron chi connectivity index (χ3n) is 10.1. The van der Waals surface area contributed by atoms with Gasteiger partial charge in [0.2, 0.25) is 11.5 Å². The van der Waals surface area contributed by atoms with Crippen LogP contribution in [0.5, 0.6) is 0 Å². The SMILES string of the molecule is c1ccc(-c2ccc(-n3c4ccccc4c4cc(-c5ccc6c(c5)n(-c5ccccc5)c5nc7oc8ccccc8c7n65)ccc43)cc2)cc1. The zero-order chi connectivity index (χ0) is 32.8. The average molecular weight is 641 g/mol.